The largest absolute Gasteiger partial charge is 0.445 e. The van der Waals surface area contributed by atoms with Crippen LogP contribution in [0.25, 0.3) is 21.5 Å². The van der Waals surface area contributed by atoms with E-state index in [0.717, 1.165) is 33.5 Å². The van der Waals surface area contributed by atoms with Crippen LogP contribution in [-0.4, -0.2) is 151 Å². The van der Waals surface area contributed by atoms with Gasteiger partial charge in [-0.25, -0.2) is 4.79 Å². The van der Waals surface area contributed by atoms with Crippen LogP contribution in [0.3, 0.4) is 0 Å². The number of benzene rings is 6. The maximum Gasteiger partial charge on any atom is 0.410 e. The SMILES string of the molecule is CN(CCCN(C)CCN1C(=O)c2cccc3c(N4CCN(C(=O)OCc5ccc(NC(=O)[C@@H](N)Cc6ccccc6)cc5)CC4)ccc(c23)C1=O)CCN1C(=O)c2cccc3cc([N+](=O)[O-])cc(c23)C1=O. The summed E-state index contributed by atoms with van der Waals surface area (Å²) in [7, 11) is 3.82. The minimum absolute atomic E-state index is 0.0623. The number of nitro groups is 1. The van der Waals surface area contributed by atoms with E-state index in [9.17, 15) is 38.9 Å². The fourth-order valence-corrected chi connectivity index (χ4v) is 9.68. The standard InChI is InChI=1S/C54H55N9O9/c1-57(21-8-22-58(2)24-30-62-50(65)41-13-6-11-37-32-39(63(70)71)33-44(47(37)41)53(62)68)23-29-61-51(66)42-14-7-12-40-46(20-19-43(48(40)42)52(61)67)59-25-27-60(28-26-59)54(69)72-34-36-15-17-38(18-16-36)56-49(64)45(55)31-35-9-4-3-5-10-35/h3-7,9-20,32-33,45H,8,21-31,34,55H2,1-2H3,(H,56,64)/t45-/m0/s1. The summed E-state index contributed by atoms with van der Waals surface area (Å²) in [6.07, 6.45) is 0.717. The highest BCUT2D eigenvalue weighted by molar-refractivity contribution is 6.27. The van der Waals surface area contributed by atoms with Gasteiger partial charge in [0, 0.05) is 109 Å². The zero-order valence-electron chi connectivity index (χ0n) is 40.1. The number of piperazine rings is 1. The number of carbonyl (C=O) groups is 6. The Balaban J connectivity index is 0.721. The van der Waals surface area contributed by atoms with Gasteiger partial charge in [-0.15, -0.1) is 0 Å². The first kappa shape index (κ1) is 48.9. The average molecular weight is 974 g/mol. The Labute approximate surface area is 415 Å². The van der Waals surface area contributed by atoms with E-state index in [1.165, 1.54) is 17.0 Å². The second kappa shape index (κ2) is 21.1. The molecule has 0 saturated carbocycles. The molecule has 3 aliphatic heterocycles. The molecule has 0 bridgehead atoms. The van der Waals surface area contributed by atoms with Crippen LogP contribution >= 0.6 is 0 Å². The quantitative estimate of drug-likeness (QED) is 0.0575. The number of rotatable bonds is 18. The zero-order valence-corrected chi connectivity index (χ0v) is 40.1. The van der Waals surface area contributed by atoms with Crippen molar-refractivity contribution in [3.63, 3.8) is 0 Å². The third-order valence-corrected chi connectivity index (χ3v) is 13.7. The Hall–Kier alpha value is -8.06. The van der Waals surface area contributed by atoms with Crippen LogP contribution in [0.1, 0.15) is 59.0 Å². The van der Waals surface area contributed by atoms with Crippen molar-refractivity contribution in [1.82, 2.24) is 24.5 Å². The minimum Gasteiger partial charge on any atom is -0.445 e. The molecule has 18 nitrogen and oxygen atoms in total. The number of nitrogens with zero attached hydrogens (tertiary/aromatic N) is 7. The number of carbonyl (C=O) groups excluding carboxylic acids is 6. The van der Waals surface area contributed by atoms with Crippen molar-refractivity contribution >= 4 is 74.2 Å². The van der Waals surface area contributed by atoms with Gasteiger partial charge in [-0.2, -0.15) is 0 Å². The molecule has 72 heavy (non-hydrogen) atoms. The van der Waals surface area contributed by atoms with E-state index in [1.54, 1.807) is 59.5 Å². The van der Waals surface area contributed by atoms with Gasteiger partial charge in [0.2, 0.25) is 5.91 Å². The Morgan fingerprint density at radius 2 is 1.28 bits per heavy atom. The zero-order chi connectivity index (χ0) is 50.6. The lowest BCUT2D eigenvalue weighted by Gasteiger charge is -2.37. The molecule has 3 aliphatic rings. The van der Waals surface area contributed by atoms with E-state index < -0.39 is 28.9 Å². The summed E-state index contributed by atoms with van der Waals surface area (Å²) in [6.45, 7) is 4.37. The third kappa shape index (κ3) is 10.2. The van der Waals surface area contributed by atoms with Gasteiger partial charge < -0.3 is 35.4 Å². The number of nitro benzene ring substituents is 1. The number of hydrogen-bond donors (Lipinski definition) is 2. The molecule has 0 radical (unpaired) electrons. The molecular weight excluding hydrogens is 919 g/mol. The lowest BCUT2D eigenvalue weighted by Crippen LogP contribution is -2.49. The maximum absolute atomic E-state index is 14.0. The molecule has 3 heterocycles. The smallest absolute Gasteiger partial charge is 0.410 e. The van der Waals surface area contributed by atoms with Crippen molar-refractivity contribution in [3.8, 4) is 0 Å². The third-order valence-electron chi connectivity index (χ3n) is 13.7. The van der Waals surface area contributed by atoms with Gasteiger partial charge in [0.15, 0.2) is 0 Å². The molecule has 370 valence electrons. The number of anilines is 2. The van der Waals surface area contributed by atoms with Crippen LogP contribution in [0, 0.1) is 10.1 Å². The summed E-state index contributed by atoms with van der Waals surface area (Å²) in [6, 6.07) is 32.7. The summed E-state index contributed by atoms with van der Waals surface area (Å²) in [5.41, 5.74) is 10.5. The number of likely N-dealkylation sites (N-methyl/N-ethyl adjacent to an activating group) is 2. The fraction of sp³-hybridized carbons (Fsp3) is 0.296. The first-order valence-corrected chi connectivity index (χ1v) is 24.0. The highest BCUT2D eigenvalue weighted by atomic mass is 16.6. The summed E-state index contributed by atoms with van der Waals surface area (Å²) in [4.78, 5) is 102. The van der Waals surface area contributed by atoms with Gasteiger partial charge in [-0.1, -0.05) is 66.7 Å². The van der Waals surface area contributed by atoms with Crippen molar-refractivity contribution < 1.29 is 38.4 Å². The van der Waals surface area contributed by atoms with E-state index >= 15 is 0 Å². The molecule has 0 spiro atoms. The lowest BCUT2D eigenvalue weighted by atomic mass is 9.92. The van der Waals surface area contributed by atoms with Crippen molar-refractivity contribution in [3.05, 3.63) is 159 Å². The Bertz CT molecular complexity index is 3080. The molecule has 0 aromatic heterocycles. The number of ether oxygens (including phenoxy) is 1. The summed E-state index contributed by atoms with van der Waals surface area (Å²) < 4.78 is 5.65. The first-order valence-electron chi connectivity index (χ1n) is 24.0. The van der Waals surface area contributed by atoms with Gasteiger partial charge in [0.1, 0.15) is 6.61 Å². The van der Waals surface area contributed by atoms with Gasteiger partial charge in [0.25, 0.3) is 29.3 Å². The summed E-state index contributed by atoms with van der Waals surface area (Å²) in [5, 5.41) is 16.7. The second-order valence-corrected chi connectivity index (χ2v) is 18.5. The lowest BCUT2D eigenvalue weighted by molar-refractivity contribution is -0.384. The molecule has 1 saturated heterocycles. The van der Waals surface area contributed by atoms with Crippen molar-refractivity contribution in [2.75, 3.05) is 89.8 Å². The molecule has 6 aromatic rings. The number of hydrogen-bond acceptors (Lipinski definition) is 13. The predicted molar refractivity (Wildman–Crippen MR) is 272 cm³/mol. The first-order chi connectivity index (χ1) is 34.7. The predicted octanol–water partition coefficient (Wildman–Crippen LogP) is 6.01. The molecule has 6 aromatic carbocycles. The van der Waals surface area contributed by atoms with Crippen LogP contribution in [0.15, 0.2) is 115 Å². The van der Waals surface area contributed by atoms with Crippen LogP contribution in [-0.2, 0) is 22.6 Å². The molecule has 9 rings (SSSR count). The number of amides is 6. The van der Waals surface area contributed by atoms with Gasteiger partial charge in [-0.05, 0) is 92.9 Å². The average Bonchev–Trinajstić information content (AvgIpc) is 3.39. The van der Waals surface area contributed by atoms with E-state index in [4.69, 9.17) is 10.5 Å². The van der Waals surface area contributed by atoms with Gasteiger partial charge in [-0.3, -0.25) is 43.9 Å². The summed E-state index contributed by atoms with van der Waals surface area (Å²) in [5.74, 6) is -1.98. The number of nitrogens with two attached hydrogens (primary N) is 1. The molecule has 6 amide bonds. The van der Waals surface area contributed by atoms with Crippen molar-refractivity contribution in [1.29, 1.82) is 0 Å². The molecule has 1 fully saturated rings. The van der Waals surface area contributed by atoms with Crippen molar-refractivity contribution in [2.24, 2.45) is 5.73 Å². The normalized spacial score (nSPS) is 15.0. The van der Waals surface area contributed by atoms with Crippen LogP contribution in [0.2, 0.25) is 0 Å². The van der Waals surface area contributed by atoms with Gasteiger partial charge in [0.05, 0.1) is 16.5 Å². The van der Waals surface area contributed by atoms with Crippen LogP contribution in [0.5, 0.6) is 0 Å². The molecule has 0 unspecified atom stereocenters. The second-order valence-electron chi connectivity index (χ2n) is 18.5. The fourth-order valence-electron chi connectivity index (χ4n) is 9.68. The monoisotopic (exact) mass is 973 g/mol. The number of non-ortho nitro benzene ring substituents is 1. The Kier molecular flexibility index (Phi) is 14.4. The molecule has 0 aliphatic carbocycles. The van der Waals surface area contributed by atoms with Crippen LogP contribution < -0.4 is 16.0 Å². The molecular formula is C54H55N9O9. The maximum atomic E-state index is 14.0. The highest BCUT2D eigenvalue weighted by Gasteiger charge is 2.36. The highest BCUT2D eigenvalue weighted by Crippen LogP contribution is 2.37. The number of imide groups is 2. The topological polar surface area (TPSA) is 212 Å². The number of nitrogens with one attached hydrogen (secondary N) is 1. The van der Waals surface area contributed by atoms with E-state index in [0.29, 0.717) is 97.3 Å². The summed E-state index contributed by atoms with van der Waals surface area (Å²) >= 11 is 0. The van der Waals surface area contributed by atoms with Crippen LogP contribution in [0.4, 0.5) is 21.9 Å². The van der Waals surface area contributed by atoms with E-state index in [-0.39, 0.29) is 48.7 Å². The molecule has 18 heteroatoms. The van der Waals surface area contributed by atoms with Gasteiger partial charge >= 0.3 is 6.09 Å². The molecule has 1 atom stereocenters. The minimum atomic E-state index is -0.702. The van der Waals surface area contributed by atoms with E-state index in [1.807, 2.05) is 67.5 Å². The Morgan fingerprint density at radius 1 is 0.681 bits per heavy atom. The Morgan fingerprint density at radius 3 is 1.92 bits per heavy atom. The van der Waals surface area contributed by atoms with E-state index in [2.05, 4.69) is 15.1 Å². The molecule has 3 N–H and O–H groups in total. The van der Waals surface area contributed by atoms with Crippen molar-refractivity contribution in [2.45, 2.75) is 25.5 Å².